The first kappa shape index (κ1) is 15.2. The lowest BCUT2D eigenvalue weighted by atomic mass is 10.2. The molecular weight excluding hydrogens is 336 g/mol. The second-order valence-electron chi connectivity index (χ2n) is 5.30. The molecule has 0 saturated heterocycles. The molecule has 2 aromatic heterocycles. The number of aryl methyl sites for hydroxylation is 1. The molecule has 0 unspecified atom stereocenters. The number of hydrogen-bond acceptors (Lipinski definition) is 5. The Balaban J connectivity index is 1.49. The van der Waals surface area contributed by atoms with Crippen molar-refractivity contribution in [3.63, 3.8) is 0 Å². The molecule has 2 heterocycles. The number of aliphatic imine (C=N–C) groups is 1. The van der Waals surface area contributed by atoms with Crippen LogP contribution < -0.4 is 0 Å². The molecular formula is C19H14N2OS2. The fraction of sp³-hybridized carbons (Fsp3) is 0.0526. The van der Waals surface area contributed by atoms with Crippen molar-refractivity contribution in [3.05, 3.63) is 72.0 Å². The topological polar surface area (TPSA) is 38.4 Å². The highest BCUT2D eigenvalue weighted by Crippen LogP contribution is 2.34. The Bertz CT molecular complexity index is 967. The monoisotopic (exact) mass is 350 g/mol. The van der Waals surface area contributed by atoms with E-state index in [1.54, 1.807) is 17.6 Å². The van der Waals surface area contributed by atoms with Crippen LogP contribution in [0.1, 0.15) is 11.3 Å². The minimum atomic E-state index is 0.735. The van der Waals surface area contributed by atoms with Crippen LogP contribution in [0.25, 0.3) is 10.2 Å². The number of rotatable bonds is 4. The van der Waals surface area contributed by atoms with Crippen molar-refractivity contribution in [1.82, 2.24) is 4.98 Å². The molecule has 118 valence electrons. The number of aromatic nitrogens is 1. The van der Waals surface area contributed by atoms with E-state index in [0.717, 1.165) is 26.4 Å². The van der Waals surface area contributed by atoms with E-state index in [1.165, 1.54) is 22.0 Å². The van der Waals surface area contributed by atoms with E-state index >= 15 is 0 Å². The van der Waals surface area contributed by atoms with Crippen molar-refractivity contribution in [3.8, 4) is 0 Å². The van der Waals surface area contributed by atoms with Gasteiger partial charge in [-0.05, 0) is 55.1 Å². The second kappa shape index (κ2) is 6.63. The quantitative estimate of drug-likeness (QED) is 0.417. The predicted molar refractivity (Wildman–Crippen MR) is 101 cm³/mol. The highest BCUT2D eigenvalue weighted by atomic mass is 32.2. The SMILES string of the molecule is Cc1ccc(N=Cc2ccc(Sc3nc4ccccc4s3)o2)cc1. The minimum Gasteiger partial charge on any atom is -0.448 e. The van der Waals surface area contributed by atoms with E-state index < -0.39 is 0 Å². The predicted octanol–water partition coefficient (Wildman–Crippen LogP) is 6.10. The molecule has 0 aliphatic carbocycles. The van der Waals surface area contributed by atoms with E-state index in [4.69, 9.17) is 4.42 Å². The molecule has 0 bridgehead atoms. The maximum Gasteiger partial charge on any atom is 0.168 e. The van der Waals surface area contributed by atoms with Crippen LogP contribution >= 0.6 is 23.1 Å². The van der Waals surface area contributed by atoms with Gasteiger partial charge in [0, 0.05) is 0 Å². The van der Waals surface area contributed by atoms with Crippen molar-refractivity contribution >= 4 is 45.2 Å². The van der Waals surface area contributed by atoms with E-state index in [2.05, 4.69) is 23.0 Å². The zero-order valence-corrected chi connectivity index (χ0v) is 14.6. The van der Waals surface area contributed by atoms with E-state index in [9.17, 15) is 0 Å². The van der Waals surface area contributed by atoms with Gasteiger partial charge in [-0.1, -0.05) is 29.8 Å². The third kappa shape index (κ3) is 3.42. The molecule has 2 aromatic carbocycles. The van der Waals surface area contributed by atoms with Gasteiger partial charge in [-0.15, -0.1) is 11.3 Å². The average Bonchev–Trinajstić information content (AvgIpc) is 3.20. The van der Waals surface area contributed by atoms with Crippen molar-refractivity contribution in [2.45, 2.75) is 16.4 Å². The van der Waals surface area contributed by atoms with Gasteiger partial charge in [-0.3, -0.25) is 4.99 Å². The van der Waals surface area contributed by atoms with E-state index in [1.807, 2.05) is 54.6 Å². The minimum absolute atomic E-state index is 0.735. The summed E-state index contributed by atoms with van der Waals surface area (Å²) in [6.45, 7) is 2.06. The van der Waals surface area contributed by atoms with Gasteiger partial charge in [0.1, 0.15) is 5.76 Å². The Morgan fingerprint density at radius 3 is 2.71 bits per heavy atom. The first-order valence-corrected chi connectivity index (χ1v) is 9.13. The Kier molecular flexibility index (Phi) is 4.19. The van der Waals surface area contributed by atoms with Gasteiger partial charge >= 0.3 is 0 Å². The standard InChI is InChI=1S/C19H14N2OS2/c1-13-6-8-14(9-7-13)20-12-15-10-11-18(22-15)24-19-21-16-4-2-3-5-17(16)23-19/h2-12H,1H3. The number of hydrogen-bond donors (Lipinski definition) is 0. The third-order valence-electron chi connectivity index (χ3n) is 3.44. The number of para-hydroxylation sites is 1. The van der Waals surface area contributed by atoms with Crippen LogP contribution in [0.4, 0.5) is 5.69 Å². The van der Waals surface area contributed by atoms with Crippen LogP contribution in [0.15, 0.2) is 79.5 Å². The fourth-order valence-electron chi connectivity index (χ4n) is 2.21. The van der Waals surface area contributed by atoms with Crippen molar-refractivity contribution in [2.75, 3.05) is 0 Å². The normalized spacial score (nSPS) is 11.5. The molecule has 0 radical (unpaired) electrons. The molecule has 0 atom stereocenters. The molecule has 0 aliphatic rings. The number of nitrogens with zero attached hydrogens (tertiary/aromatic N) is 2. The van der Waals surface area contributed by atoms with Crippen LogP contribution in [0.3, 0.4) is 0 Å². The molecule has 0 aliphatic heterocycles. The summed E-state index contributed by atoms with van der Waals surface area (Å²) in [7, 11) is 0. The number of thiazole rings is 1. The first-order valence-electron chi connectivity index (χ1n) is 7.50. The molecule has 5 heteroatoms. The van der Waals surface area contributed by atoms with Crippen LogP contribution in [0, 0.1) is 6.92 Å². The summed E-state index contributed by atoms with van der Waals surface area (Å²) >= 11 is 3.21. The molecule has 0 N–H and O–H groups in total. The molecule has 4 rings (SSSR count). The number of benzene rings is 2. The highest BCUT2D eigenvalue weighted by molar-refractivity contribution is 8.01. The van der Waals surface area contributed by atoms with E-state index in [-0.39, 0.29) is 0 Å². The van der Waals surface area contributed by atoms with Crippen molar-refractivity contribution in [2.24, 2.45) is 4.99 Å². The van der Waals surface area contributed by atoms with Crippen LogP contribution in [0.5, 0.6) is 0 Å². The molecule has 0 fully saturated rings. The summed E-state index contributed by atoms with van der Waals surface area (Å²) in [5, 5.41) is 0.819. The molecule has 24 heavy (non-hydrogen) atoms. The highest BCUT2D eigenvalue weighted by Gasteiger charge is 2.08. The fourth-order valence-corrected chi connectivity index (χ4v) is 4.18. The van der Waals surface area contributed by atoms with Gasteiger partial charge in [-0.2, -0.15) is 0 Å². The first-order chi connectivity index (χ1) is 11.8. The zero-order chi connectivity index (χ0) is 16.4. The molecule has 4 aromatic rings. The maximum absolute atomic E-state index is 5.81. The Labute approximate surface area is 148 Å². The summed E-state index contributed by atoms with van der Waals surface area (Å²) in [5.41, 5.74) is 3.16. The summed E-state index contributed by atoms with van der Waals surface area (Å²) in [6, 6.07) is 20.1. The van der Waals surface area contributed by atoms with Gasteiger partial charge in [0.2, 0.25) is 0 Å². The number of furan rings is 1. The van der Waals surface area contributed by atoms with Gasteiger partial charge in [0.25, 0.3) is 0 Å². The number of fused-ring (bicyclic) bond motifs is 1. The summed E-state index contributed by atoms with van der Waals surface area (Å²) in [6.07, 6.45) is 1.74. The lowest BCUT2D eigenvalue weighted by molar-refractivity contribution is 0.469. The van der Waals surface area contributed by atoms with Gasteiger partial charge in [-0.25, -0.2) is 4.98 Å². The van der Waals surface area contributed by atoms with Gasteiger partial charge in [0.15, 0.2) is 9.43 Å². The lowest BCUT2D eigenvalue weighted by Gasteiger charge is -1.94. The summed E-state index contributed by atoms with van der Waals surface area (Å²) < 4.78 is 7.98. The Morgan fingerprint density at radius 2 is 1.88 bits per heavy atom. The Morgan fingerprint density at radius 1 is 1.04 bits per heavy atom. The van der Waals surface area contributed by atoms with Crippen LogP contribution in [-0.2, 0) is 0 Å². The zero-order valence-electron chi connectivity index (χ0n) is 13.0. The Hall–Kier alpha value is -2.37. The van der Waals surface area contributed by atoms with Crippen LogP contribution in [0.2, 0.25) is 0 Å². The van der Waals surface area contributed by atoms with Crippen molar-refractivity contribution < 1.29 is 4.42 Å². The van der Waals surface area contributed by atoms with Crippen molar-refractivity contribution in [1.29, 1.82) is 0 Å². The largest absolute Gasteiger partial charge is 0.448 e. The average molecular weight is 350 g/mol. The maximum atomic E-state index is 5.81. The summed E-state index contributed by atoms with van der Waals surface area (Å²) in [4.78, 5) is 9.04. The lowest BCUT2D eigenvalue weighted by Crippen LogP contribution is -1.74. The van der Waals surface area contributed by atoms with Crippen LogP contribution in [-0.4, -0.2) is 11.2 Å². The molecule has 0 spiro atoms. The molecule has 0 saturated carbocycles. The molecule has 3 nitrogen and oxygen atoms in total. The second-order valence-corrected chi connectivity index (χ2v) is 7.58. The van der Waals surface area contributed by atoms with Gasteiger partial charge < -0.3 is 4.42 Å². The summed E-state index contributed by atoms with van der Waals surface area (Å²) in [5.74, 6) is 0.735. The van der Waals surface area contributed by atoms with Gasteiger partial charge in [0.05, 0.1) is 22.1 Å². The third-order valence-corrected chi connectivity index (χ3v) is 5.46. The molecule has 0 amide bonds. The smallest absolute Gasteiger partial charge is 0.168 e. The van der Waals surface area contributed by atoms with E-state index in [0.29, 0.717) is 0 Å².